The van der Waals surface area contributed by atoms with E-state index in [1.165, 1.54) is 19.2 Å². The van der Waals surface area contributed by atoms with Crippen molar-refractivity contribution in [3.05, 3.63) is 12.2 Å². The lowest BCUT2D eigenvalue weighted by atomic mass is 10.1. The average molecular weight is 320 g/mol. The van der Waals surface area contributed by atoms with Gasteiger partial charge in [0.05, 0.1) is 6.04 Å². The van der Waals surface area contributed by atoms with E-state index in [-0.39, 0.29) is 23.7 Å². The summed E-state index contributed by atoms with van der Waals surface area (Å²) in [6.45, 7) is 3.25. The molecule has 1 aromatic rings. The van der Waals surface area contributed by atoms with Crippen molar-refractivity contribution < 1.29 is 9.59 Å². The number of aromatic amines is 1. The molecule has 0 radical (unpaired) electrons. The van der Waals surface area contributed by atoms with Gasteiger partial charge in [-0.2, -0.15) is 5.10 Å². The summed E-state index contributed by atoms with van der Waals surface area (Å²) in [5.74, 6) is 0.315. The van der Waals surface area contributed by atoms with Gasteiger partial charge in [0, 0.05) is 26.2 Å². The molecular formula is C15H24N6O2. The molecule has 1 unspecified atom stereocenters. The van der Waals surface area contributed by atoms with Crippen LogP contribution in [0.1, 0.15) is 36.3 Å². The number of carbonyl (C=O) groups is 2. The minimum atomic E-state index is -0.152. The molecule has 126 valence electrons. The minimum absolute atomic E-state index is 0.00553. The number of amides is 2. The molecule has 2 fully saturated rings. The summed E-state index contributed by atoms with van der Waals surface area (Å²) in [6.07, 6.45) is 5.75. The number of aromatic nitrogens is 3. The van der Waals surface area contributed by atoms with Crippen molar-refractivity contribution in [2.45, 2.75) is 31.7 Å². The second kappa shape index (κ2) is 7.08. The number of likely N-dealkylation sites (N-methyl/N-ethyl adjacent to an activating group) is 1. The van der Waals surface area contributed by atoms with Gasteiger partial charge in [-0.15, -0.1) is 0 Å². The SMILES string of the molecule is CN1CCCCCC1C(=O)N1CCN(C(=O)c2ncn[nH]2)CC1. The van der Waals surface area contributed by atoms with E-state index in [0.29, 0.717) is 26.2 Å². The number of nitrogens with zero attached hydrogens (tertiary/aromatic N) is 5. The Morgan fingerprint density at radius 2 is 1.83 bits per heavy atom. The molecular weight excluding hydrogens is 296 g/mol. The van der Waals surface area contributed by atoms with E-state index in [1.54, 1.807) is 4.90 Å². The molecule has 1 aromatic heterocycles. The predicted octanol–water partition coefficient (Wildman–Crippen LogP) is -0.0365. The maximum Gasteiger partial charge on any atom is 0.291 e. The van der Waals surface area contributed by atoms with E-state index < -0.39 is 0 Å². The van der Waals surface area contributed by atoms with Gasteiger partial charge < -0.3 is 9.80 Å². The largest absolute Gasteiger partial charge is 0.338 e. The lowest BCUT2D eigenvalue weighted by Crippen LogP contribution is -2.55. The molecule has 3 heterocycles. The Morgan fingerprint density at radius 1 is 1.09 bits per heavy atom. The number of hydrogen-bond donors (Lipinski definition) is 1. The second-order valence-electron chi connectivity index (χ2n) is 6.30. The molecule has 8 nitrogen and oxygen atoms in total. The van der Waals surface area contributed by atoms with Crippen LogP contribution < -0.4 is 0 Å². The molecule has 8 heteroatoms. The number of rotatable bonds is 2. The van der Waals surface area contributed by atoms with Gasteiger partial charge in [0.25, 0.3) is 5.91 Å². The van der Waals surface area contributed by atoms with Crippen LogP contribution in [0.4, 0.5) is 0 Å². The Morgan fingerprint density at radius 3 is 2.52 bits per heavy atom. The Balaban J connectivity index is 1.56. The van der Waals surface area contributed by atoms with Gasteiger partial charge in [0.15, 0.2) is 0 Å². The molecule has 0 aromatic carbocycles. The number of carbonyl (C=O) groups excluding carboxylic acids is 2. The summed E-state index contributed by atoms with van der Waals surface area (Å²) in [7, 11) is 2.04. The highest BCUT2D eigenvalue weighted by atomic mass is 16.2. The van der Waals surface area contributed by atoms with Crippen molar-refractivity contribution >= 4 is 11.8 Å². The highest BCUT2D eigenvalue weighted by Gasteiger charge is 2.32. The van der Waals surface area contributed by atoms with Crippen LogP contribution in [-0.4, -0.2) is 87.5 Å². The first kappa shape index (κ1) is 15.9. The maximum atomic E-state index is 12.8. The Kier molecular flexibility index (Phi) is 4.90. The van der Waals surface area contributed by atoms with E-state index in [4.69, 9.17) is 0 Å². The summed E-state index contributed by atoms with van der Waals surface area (Å²) in [5, 5.41) is 6.30. The normalized spacial score (nSPS) is 23.6. The molecule has 2 aliphatic rings. The molecule has 2 amide bonds. The Labute approximate surface area is 135 Å². The first-order valence-corrected chi connectivity index (χ1v) is 8.30. The topological polar surface area (TPSA) is 85.4 Å². The van der Waals surface area contributed by atoms with Crippen molar-refractivity contribution in [2.75, 3.05) is 39.8 Å². The third-order valence-corrected chi connectivity index (χ3v) is 4.80. The highest BCUT2D eigenvalue weighted by Crippen LogP contribution is 2.18. The van der Waals surface area contributed by atoms with E-state index in [0.717, 1.165) is 19.4 Å². The molecule has 0 aliphatic carbocycles. The fourth-order valence-electron chi connectivity index (χ4n) is 3.36. The summed E-state index contributed by atoms with van der Waals surface area (Å²) in [6, 6.07) is -0.00553. The summed E-state index contributed by atoms with van der Waals surface area (Å²) in [4.78, 5) is 34.7. The molecule has 0 saturated carbocycles. The lowest BCUT2D eigenvalue weighted by Gasteiger charge is -2.37. The quantitative estimate of drug-likeness (QED) is 0.827. The molecule has 2 saturated heterocycles. The van der Waals surface area contributed by atoms with Crippen LogP contribution in [0, 0.1) is 0 Å². The second-order valence-corrected chi connectivity index (χ2v) is 6.30. The van der Waals surface area contributed by atoms with Crippen LogP contribution in [0.15, 0.2) is 6.33 Å². The van der Waals surface area contributed by atoms with Crippen molar-refractivity contribution in [2.24, 2.45) is 0 Å². The van der Waals surface area contributed by atoms with Crippen molar-refractivity contribution in [1.82, 2.24) is 29.9 Å². The fraction of sp³-hybridized carbons (Fsp3) is 0.733. The summed E-state index contributed by atoms with van der Waals surface area (Å²) < 4.78 is 0. The number of H-pyrrole nitrogens is 1. The molecule has 23 heavy (non-hydrogen) atoms. The number of piperazine rings is 1. The molecule has 1 atom stereocenters. The number of hydrogen-bond acceptors (Lipinski definition) is 5. The van der Waals surface area contributed by atoms with E-state index in [9.17, 15) is 9.59 Å². The lowest BCUT2D eigenvalue weighted by molar-refractivity contribution is -0.138. The Hall–Kier alpha value is -1.96. The highest BCUT2D eigenvalue weighted by molar-refractivity contribution is 5.90. The van der Waals surface area contributed by atoms with Gasteiger partial charge in [0.2, 0.25) is 11.7 Å². The third-order valence-electron chi connectivity index (χ3n) is 4.80. The predicted molar refractivity (Wildman–Crippen MR) is 83.8 cm³/mol. The Bertz CT molecular complexity index is 538. The van der Waals surface area contributed by atoms with Crippen molar-refractivity contribution in [3.63, 3.8) is 0 Å². The minimum Gasteiger partial charge on any atom is -0.338 e. The smallest absolute Gasteiger partial charge is 0.291 e. The molecule has 2 aliphatic heterocycles. The van der Waals surface area contributed by atoms with Crippen LogP contribution >= 0.6 is 0 Å². The van der Waals surface area contributed by atoms with Gasteiger partial charge >= 0.3 is 0 Å². The number of nitrogens with one attached hydrogen (secondary N) is 1. The van der Waals surface area contributed by atoms with E-state index in [1.807, 2.05) is 11.9 Å². The average Bonchev–Trinajstić information content (AvgIpc) is 3.03. The first-order chi connectivity index (χ1) is 11.2. The van der Waals surface area contributed by atoms with E-state index in [2.05, 4.69) is 20.1 Å². The molecule has 1 N–H and O–H groups in total. The zero-order chi connectivity index (χ0) is 16.2. The van der Waals surface area contributed by atoms with Crippen LogP contribution in [0.2, 0.25) is 0 Å². The van der Waals surface area contributed by atoms with Gasteiger partial charge in [-0.1, -0.05) is 12.8 Å². The summed E-state index contributed by atoms with van der Waals surface area (Å²) >= 11 is 0. The first-order valence-electron chi connectivity index (χ1n) is 8.30. The number of likely N-dealkylation sites (tertiary alicyclic amines) is 1. The van der Waals surface area contributed by atoms with Crippen LogP contribution in [0.25, 0.3) is 0 Å². The molecule has 3 rings (SSSR count). The third kappa shape index (κ3) is 3.52. The van der Waals surface area contributed by atoms with Crippen LogP contribution in [0.5, 0.6) is 0 Å². The summed E-state index contributed by atoms with van der Waals surface area (Å²) in [5.41, 5.74) is 0. The molecule has 0 bridgehead atoms. The molecule has 0 spiro atoms. The van der Waals surface area contributed by atoms with Crippen molar-refractivity contribution in [3.8, 4) is 0 Å². The van der Waals surface area contributed by atoms with Gasteiger partial charge in [0.1, 0.15) is 6.33 Å². The van der Waals surface area contributed by atoms with Crippen molar-refractivity contribution in [1.29, 1.82) is 0 Å². The zero-order valence-electron chi connectivity index (χ0n) is 13.6. The zero-order valence-corrected chi connectivity index (χ0v) is 13.6. The maximum absolute atomic E-state index is 12.8. The van der Waals surface area contributed by atoms with Gasteiger partial charge in [-0.05, 0) is 26.4 Å². The monoisotopic (exact) mass is 320 g/mol. The standard InChI is InChI=1S/C15H24N6O2/c1-19-6-4-2-3-5-12(19)14(22)20-7-9-21(10-8-20)15(23)13-16-11-17-18-13/h11-12H,2-10H2,1H3,(H,16,17,18). The fourth-order valence-corrected chi connectivity index (χ4v) is 3.36. The van der Waals surface area contributed by atoms with Gasteiger partial charge in [-0.25, -0.2) is 4.98 Å². The van der Waals surface area contributed by atoms with Crippen LogP contribution in [-0.2, 0) is 4.79 Å². The van der Waals surface area contributed by atoms with Crippen LogP contribution in [0.3, 0.4) is 0 Å². The van der Waals surface area contributed by atoms with Gasteiger partial charge in [-0.3, -0.25) is 19.6 Å². The van der Waals surface area contributed by atoms with E-state index >= 15 is 0 Å².